The first-order valence-corrected chi connectivity index (χ1v) is 8.60. The lowest BCUT2D eigenvalue weighted by Crippen LogP contribution is -2.39. The Kier molecular flexibility index (Phi) is 5.26. The second-order valence-corrected chi connectivity index (χ2v) is 6.94. The molecular weight excluding hydrogens is 390 g/mol. The van der Waals surface area contributed by atoms with Crippen molar-refractivity contribution < 1.29 is 4.79 Å². The van der Waals surface area contributed by atoms with E-state index >= 15 is 0 Å². The van der Waals surface area contributed by atoms with E-state index in [0.29, 0.717) is 25.8 Å². The number of hydrogen-bond acceptors (Lipinski definition) is 3. The van der Waals surface area contributed by atoms with E-state index in [0.717, 1.165) is 5.69 Å². The molecule has 124 valence electrons. The van der Waals surface area contributed by atoms with Gasteiger partial charge < -0.3 is 10.6 Å². The van der Waals surface area contributed by atoms with E-state index in [-0.39, 0.29) is 11.8 Å². The van der Waals surface area contributed by atoms with E-state index in [1.54, 1.807) is 48.6 Å². The van der Waals surface area contributed by atoms with Crippen LogP contribution in [-0.4, -0.2) is 17.9 Å². The van der Waals surface area contributed by atoms with Crippen LogP contribution in [0.4, 0.5) is 11.4 Å². The van der Waals surface area contributed by atoms with E-state index in [4.69, 9.17) is 46.4 Å². The van der Waals surface area contributed by atoms with Gasteiger partial charge in [0.15, 0.2) is 5.78 Å². The summed E-state index contributed by atoms with van der Waals surface area (Å²) in [6, 6.07) is 9.68. The van der Waals surface area contributed by atoms with Crippen LogP contribution in [0.1, 0.15) is 0 Å². The van der Waals surface area contributed by atoms with Gasteiger partial charge in [-0.15, -0.1) is 0 Å². The third-order valence-corrected chi connectivity index (χ3v) is 5.11. The van der Waals surface area contributed by atoms with Crippen molar-refractivity contribution in [2.75, 3.05) is 10.6 Å². The largest absolute Gasteiger partial charge is 0.376 e. The molecule has 1 aliphatic carbocycles. The lowest BCUT2D eigenvalue weighted by Gasteiger charge is -2.23. The zero-order valence-corrected chi connectivity index (χ0v) is 15.2. The number of ketones is 1. The van der Waals surface area contributed by atoms with Crippen LogP contribution in [0.15, 0.2) is 48.6 Å². The Balaban J connectivity index is 1.77. The Bertz CT molecular complexity index is 822. The number of rotatable bonds is 4. The summed E-state index contributed by atoms with van der Waals surface area (Å²) in [6.07, 6.45) is 3.35. The fourth-order valence-corrected chi connectivity index (χ4v) is 3.02. The number of anilines is 2. The van der Waals surface area contributed by atoms with Gasteiger partial charge in [-0.05, 0) is 42.5 Å². The highest BCUT2D eigenvalue weighted by atomic mass is 35.5. The van der Waals surface area contributed by atoms with Gasteiger partial charge >= 0.3 is 0 Å². The molecule has 1 aliphatic rings. The average molecular weight is 402 g/mol. The summed E-state index contributed by atoms with van der Waals surface area (Å²) in [4.78, 5) is 12.2. The van der Waals surface area contributed by atoms with Gasteiger partial charge in [-0.2, -0.15) is 0 Å². The van der Waals surface area contributed by atoms with Crippen LogP contribution in [0.25, 0.3) is 0 Å². The third kappa shape index (κ3) is 3.81. The molecule has 0 bridgehead atoms. The highest BCUT2D eigenvalue weighted by molar-refractivity contribution is 6.42. The molecule has 0 heterocycles. The molecule has 0 radical (unpaired) electrons. The predicted octanol–water partition coefficient (Wildman–Crippen LogP) is 5.70. The van der Waals surface area contributed by atoms with Crippen molar-refractivity contribution in [1.29, 1.82) is 0 Å². The fourth-order valence-electron chi connectivity index (χ4n) is 2.43. The molecular formula is C17H12Cl4N2O. The molecule has 2 aromatic rings. The lowest BCUT2D eigenvalue weighted by molar-refractivity contribution is -0.114. The molecule has 0 saturated heterocycles. The van der Waals surface area contributed by atoms with E-state index in [1.165, 1.54) is 0 Å². The smallest absolute Gasteiger partial charge is 0.180 e. The van der Waals surface area contributed by atoms with Crippen molar-refractivity contribution in [2.24, 2.45) is 0 Å². The van der Waals surface area contributed by atoms with Gasteiger partial charge in [0.2, 0.25) is 0 Å². The van der Waals surface area contributed by atoms with Gasteiger partial charge in [-0.25, -0.2) is 0 Å². The normalized spacial score (nSPS) is 19.6. The summed E-state index contributed by atoms with van der Waals surface area (Å²) in [5.41, 5.74) is 1.49. The van der Waals surface area contributed by atoms with Crippen molar-refractivity contribution in [3.8, 4) is 0 Å². The maximum Gasteiger partial charge on any atom is 0.180 e. The van der Waals surface area contributed by atoms with Crippen molar-refractivity contribution in [1.82, 2.24) is 0 Å². The Morgan fingerprint density at radius 2 is 1.29 bits per heavy atom. The molecule has 0 unspecified atom stereocenters. The van der Waals surface area contributed by atoms with Crippen LogP contribution >= 0.6 is 46.4 Å². The van der Waals surface area contributed by atoms with Gasteiger partial charge in [0.1, 0.15) is 6.04 Å². The highest BCUT2D eigenvalue weighted by Gasteiger charge is 2.30. The molecule has 0 saturated carbocycles. The van der Waals surface area contributed by atoms with Crippen LogP contribution in [0.2, 0.25) is 20.1 Å². The van der Waals surface area contributed by atoms with Crippen LogP contribution in [0, 0.1) is 0 Å². The summed E-state index contributed by atoms with van der Waals surface area (Å²) < 4.78 is 0. The van der Waals surface area contributed by atoms with Gasteiger partial charge in [0.05, 0.1) is 26.1 Å². The second kappa shape index (κ2) is 7.24. The average Bonchev–Trinajstić information content (AvgIpc) is 2.87. The van der Waals surface area contributed by atoms with E-state index in [9.17, 15) is 4.79 Å². The first-order valence-electron chi connectivity index (χ1n) is 7.09. The minimum atomic E-state index is -0.461. The minimum Gasteiger partial charge on any atom is -0.376 e. The summed E-state index contributed by atoms with van der Waals surface area (Å²) in [5.74, 6) is -0.0290. The Labute approximate surface area is 159 Å². The predicted molar refractivity (Wildman–Crippen MR) is 102 cm³/mol. The molecule has 0 aliphatic heterocycles. The van der Waals surface area contributed by atoms with Crippen molar-refractivity contribution in [2.45, 2.75) is 12.1 Å². The first-order chi connectivity index (χ1) is 11.4. The zero-order valence-electron chi connectivity index (χ0n) is 12.2. The van der Waals surface area contributed by atoms with E-state index < -0.39 is 6.04 Å². The maximum absolute atomic E-state index is 12.2. The second-order valence-electron chi connectivity index (χ2n) is 5.31. The summed E-state index contributed by atoms with van der Waals surface area (Å²) >= 11 is 23.9. The van der Waals surface area contributed by atoms with Gasteiger partial charge in [0.25, 0.3) is 0 Å². The lowest BCUT2D eigenvalue weighted by atomic mass is 10.1. The minimum absolute atomic E-state index is 0.0290. The number of halogens is 4. The van der Waals surface area contributed by atoms with E-state index in [2.05, 4.69) is 10.6 Å². The molecule has 3 rings (SSSR count). The van der Waals surface area contributed by atoms with Crippen molar-refractivity contribution >= 4 is 63.6 Å². The molecule has 24 heavy (non-hydrogen) atoms. The fraction of sp³-hybridized carbons (Fsp3) is 0.118. The molecule has 7 heteroatoms. The maximum atomic E-state index is 12.2. The van der Waals surface area contributed by atoms with Crippen LogP contribution < -0.4 is 10.6 Å². The SMILES string of the molecule is O=C1C=C[C@@H](Nc2ccc(Cl)c(Cl)c2)[C@H]1Nc1ccc(Cl)c(Cl)c1. The monoisotopic (exact) mass is 400 g/mol. The van der Waals surface area contributed by atoms with Crippen LogP contribution in [-0.2, 0) is 4.79 Å². The molecule has 0 fully saturated rings. The molecule has 2 atom stereocenters. The quantitative estimate of drug-likeness (QED) is 0.690. The van der Waals surface area contributed by atoms with Gasteiger partial charge in [0, 0.05) is 11.4 Å². The molecule has 2 N–H and O–H groups in total. The van der Waals surface area contributed by atoms with Crippen LogP contribution in [0.5, 0.6) is 0 Å². The van der Waals surface area contributed by atoms with Crippen molar-refractivity contribution in [3.05, 3.63) is 68.6 Å². The highest BCUT2D eigenvalue weighted by Crippen LogP contribution is 2.28. The number of carbonyl (C=O) groups is 1. The molecule has 2 aromatic carbocycles. The third-order valence-electron chi connectivity index (χ3n) is 3.63. The van der Waals surface area contributed by atoms with Crippen LogP contribution in [0.3, 0.4) is 0 Å². The molecule has 0 amide bonds. The van der Waals surface area contributed by atoms with Crippen molar-refractivity contribution in [3.63, 3.8) is 0 Å². The molecule has 3 nitrogen and oxygen atoms in total. The molecule has 0 aromatic heterocycles. The number of hydrogen-bond donors (Lipinski definition) is 2. The van der Waals surface area contributed by atoms with Gasteiger partial charge in [-0.3, -0.25) is 4.79 Å². The first kappa shape index (κ1) is 17.4. The Morgan fingerprint density at radius 3 is 1.83 bits per heavy atom. The number of benzene rings is 2. The Morgan fingerprint density at radius 1 is 0.750 bits per heavy atom. The Hall–Kier alpha value is -1.39. The standard InChI is InChI=1S/C17H12Cl4N2O/c18-11-3-1-9(7-13(11)20)22-15-5-6-16(24)17(15)23-10-2-4-12(19)14(21)8-10/h1-8,15,17,22-23H/t15-,17-/m1/s1. The summed E-state index contributed by atoms with van der Waals surface area (Å²) in [5, 5.41) is 8.25. The van der Waals surface area contributed by atoms with E-state index in [1.807, 2.05) is 0 Å². The number of carbonyl (C=O) groups excluding carboxylic acids is 1. The zero-order chi connectivity index (χ0) is 17.3. The summed E-state index contributed by atoms with van der Waals surface area (Å²) in [6.45, 7) is 0. The molecule has 0 spiro atoms. The summed E-state index contributed by atoms with van der Waals surface area (Å²) in [7, 11) is 0. The number of nitrogens with one attached hydrogen (secondary N) is 2. The topological polar surface area (TPSA) is 41.1 Å². The van der Waals surface area contributed by atoms with Gasteiger partial charge in [-0.1, -0.05) is 52.5 Å².